The summed E-state index contributed by atoms with van der Waals surface area (Å²) in [5.74, 6) is 1.08. The van der Waals surface area contributed by atoms with Crippen LogP contribution in [-0.4, -0.2) is 18.7 Å². The van der Waals surface area contributed by atoms with E-state index in [1.165, 1.54) is 6.20 Å². The first kappa shape index (κ1) is 18.2. The summed E-state index contributed by atoms with van der Waals surface area (Å²) in [6, 6.07) is 10.8. The lowest BCUT2D eigenvalue weighted by atomic mass is 10.2. The molecule has 128 valence electrons. The summed E-state index contributed by atoms with van der Waals surface area (Å²) in [6.07, 6.45) is 5.70. The topological polar surface area (TPSA) is 57.7 Å². The Morgan fingerprint density at radius 3 is 2.62 bits per heavy atom. The van der Waals surface area contributed by atoms with Gasteiger partial charge in [-0.3, -0.25) is 9.51 Å². The van der Waals surface area contributed by atoms with Gasteiger partial charge in [0.15, 0.2) is 0 Å². The molecule has 0 N–H and O–H groups in total. The van der Waals surface area contributed by atoms with Crippen molar-refractivity contribution in [3.63, 3.8) is 0 Å². The molecule has 2 rings (SSSR count). The molecule has 1 atom stereocenters. The molecule has 0 aliphatic carbocycles. The predicted molar refractivity (Wildman–Crippen MR) is 95.4 cm³/mol. The van der Waals surface area contributed by atoms with Crippen molar-refractivity contribution in [3.8, 4) is 11.5 Å². The van der Waals surface area contributed by atoms with Crippen LogP contribution in [0.3, 0.4) is 0 Å². The van der Waals surface area contributed by atoms with E-state index in [0.29, 0.717) is 23.2 Å². The van der Waals surface area contributed by atoms with E-state index >= 15 is 0 Å². The molecule has 0 saturated heterocycles. The van der Waals surface area contributed by atoms with Crippen LogP contribution in [0.15, 0.2) is 54.9 Å². The Bertz CT molecular complexity index is 731. The van der Waals surface area contributed by atoms with Gasteiger partial charge in [-0.2, -0.15) is 0 Å². The molecule has 0 aliphatic rings. The molecule has 6 heteroatoms. The van der Waals surface area contributed by atoms with Crippen LogP contribution in [0.5, 0.6) is 11.5 Å². The van der Waals surface area contributed by atoms with E-state index in [4.69, 9.17) is 13.8 Å². The van der Waals surface area contributed by atoms with Crippen molar-refractivity contribution in [3.05, 3.63) is 60.4 Å². The highest BCUT2D eigenvalue weighted by molar-refractivity contribution is 7.65. The Balaban J connectivity index is 2.47. The summed E-state index contributed by atoms with van der Waals surface area (Å²) in [6.45, 7) is 4.03. The van der Waals surface area contributed by atoms with Crippen LogP contribution >= 0.6 is 7.60 Å². The largest absolute Gasteiger partial charge is 0.497 e. The molecule has 0 fully saturated rings. The number of hydrogen-bond donors (Lipinski definition) is 0. The zero-order valence-electron chi connectivity index (χ0n) is 14.1. The molecule has 1 aromatic heterocycles. The molecule has 5 nitrogen and oxygen atoms in total. The summed E-state index contributed by atoms with van der Waals surface area (Å²) >= 11 is 0. The number of nitrogens with zero attached hydrogens (tertiary/aromatic N) is 1. The highest BCUT2D eigenvalue weighted by Crippen LogP contribution is 2.60. The van der Waals surface area contributed by atoms with Crippen molar-refractivity contribution >= 4 is 12.9 Å². The molecule has 0 saturated carbocycles. The fourth-order valence-electron chi connectivity index (χ4n) is 2.22. The average Bonchev–Trinajstić information content (AvgIpc) is 2.60. The van der Waals surface area contributed by atoms with Gasteiger partial charge in [-0.1, -0.05) is 25.1 Å². The van der Waals surface area contributed by atoms with Crippen LogP contribution in [0.4, 0.5) is 0 Å². The maximum atomic E-state index is 13.5. The van der Waals surface area contributed by atoms with Crippen molar-refractivity contribution < 1.29 is 18.3 Å². The molecule has 2 aromatic rings. The van der Waals surface area contributed by atoms with Gasteiger partial charge in [-0.25, -0.2) is 4.57 Å². The van der Waals surface area contributed by atoms with Gasteiger partial charge in [0.2, 0.25) is 0 Å². The van der Waals surface area contributed by atoms with Crippen molar-refractivity contribution in [2.75, 3.05) is 13.7 Å². The highest BCUT2D eigenvalue weighted by atomic mass is 31.2. The van der Waals surface area contributed by atoms with Gasteiger partial charge in [0, 0.05) is 6.20 Å². The third-order valence-electron chi connectivity index (χ3n) is 3.22. The summed E-state index contributed by atoms with van der Waals surface area (Å²) in [4.78, 5) is 3.99. The monoisotopic (exact) mass is 347 g/mol. The number of hydrogen-bond acceptors (Lipinski definition) is 5. The Hall–Kier alpha value is -2.10. The number of pyridine rings is 1. The van der Waals surface area contributed by atoms with Gasteiger partial charge in [-0.15, -0.1) is 0 Å². The van der Waals surface area contributed by atoms with Crippen LogP contribution in [0.25, 0.3) is 5.31 Å². The maximum absolute atomic E-state index is 13.5. The van der Waals surface area contributed by atoms with Gasteiger partial charge >= 0.3 is 7.60 Å². The van der Waals surface area contributed by atoms with Gasteiger partial charge in [0.05, 0.1) is 25.2 Å². The molecule has 24 heavy (non-hydrogen) atoms. The van der Waals surface area contributed by atoms with E-state index in [1.54, 1.807) is 32.4 Å². The third-order valence-corrected chi connectivity index (χ3v) is 5.30. The average molecular weight is 347 g/mol. The lowest BCUT2D eigenvalue weighted by Gasteiger charge is -2.21. The molecule has 0 aliphatic heterocycles. The molecular weight excluding hydrogens is 325 g/mol. The molecule has 0 bridgehead atoms. The maximum Gasteiger partial charge on any atom is 0.411 e. The van der Waals surface area contributed by atoms with Crippen molar-refractivity contribution in [1.82, 2.24) is 4.98 Å². The second-order valence-electron chi connectivity index (χ2n) is 4.92. The van der Waals surface area contributed by atoms with Gasteiger partial charge in [0.25, 0.3) is 0 Å². The molecule has 0 radical (unpaired) electrons. The normalized spacial score (nSPS) is 14.0. The minimum absolute atomic E-state index is 0.266. The molecular formula is C18H22NO4P. The number of benzene rings is 1. The minimum atomic E-state index is -3.55. The van der Waals surface area contributed by atoms with Crippen molar-refractivity contribution in [1.29, 1.82) is 0 Å². The SMILES string of the molecule is CC/C=C(/c1cccc(OC)c1)P(=O)(OCC)Oc1cccnc1. The van der Waals surface area contributed by atoms with E-state index < -0.39 is 7.60 Å². The van der Waals surface area contributed by atoms with Crippen LogP contribution in [-0.2, 0) is 9.09 Å². The number of allylic oxidation sites excluding steroid dienone is 1. The Morgan fingerprint density at radius 1 is 1.21 bits per heavy atom. The smallest absolute Gasteiger partial charge is 0.411 e. The summed E-state index contributed by atoms with van der Waals surface area (Å²) in [5, 5.41) is 0.523. The Morgan fingerprint density at radius 2 is 2.00 bits per heavy atom. The molecule has 0 spiro atoms. The second-order valence-corrected chi connectivity index (χ2v) is 6.84. The van der Waals surface area contributed by atoms with Crippen LogP contribution in [0.1, 0.15) is 25.8 Å². The third kappa shape index (κ3) is 4.47. The fourth-order valence-corrected chi connectivity index (χ4v) is 4.10. The first-order valence-corrected chi connectivity index (χ1v) is 9.36. The standard InChI is InChI=1S/C18H22NO4P/c1-4-8-18(15-9-6-10-16(13-15)21-3)24(20,22-5-2)23-17-11-7-12-19-14-17/h6-14H,4-5H2,1-3H3/b18-8-. The lowest BCUT2D eigenvalue weighted by molar-refractivity contribution is 0.289. The first-order chi connectivity index (χ1) is 11.6. The van der Waals surface area contributed by atoms with Gasteiger partial charge in [0.1, 0.15) is 11.5 Å². The second kappa shape index (κ2) is 8.67. The number of rotatable bonds is 8. The quantitative estimate of drug-likeness (QED) is 0.618. The molecule has 1 unspecified atom stereocenters. The molecule has 1 aromatic carbocycles. The molecule has 0 amide bonds. The summed E-state index contributed by atoms with van der Waals surface area (Å²) in [5.41, 5.74) is 0.747. The van der Waals surface area contributed by atoms with Crippen LogP contribution in [0.2, 0.25) is 0 Å². The highest BCUT2D eigenvalue weighted by Gasteiger charge is 2.33. The number of aromatic nitrogens is 1. The number of methoxy groups -OCH3 is 1. The van der Waals surface area contributed by atoms with Crippen molar-refractivity contribution in [2.45, 2.75) is 20.3 Å². The van der Waals surface area contributed by atoms with Gasteiger partial charge < -0.3 is 9.26 Å². The van der Waals surface area contributed by atoms with Gasteiger partial charge in [-0.05, 0) is 43.2 Å². The predicted octanol–water partition coefficient (Wildman–Crippen LogP) is 5.15. The van der Waals surface area contributed by atoms with Crippen LogP contribution < -0.4 is 9.26 Å². The lowest BCUT2D eigenvalue weighted by Crippen LogP contribution is -2.02. The van der Waals surface area contributed by atoms with E-state index in [9.17, 15) is 4.57 Å². The Kier molecular flexibility index (Phi) is 6.59. The zero-order chi connectivity index (χ0) is 17.4. The van der Waals surface area contributed by atoms with E-state index in [1.807, 2.05) is 37.3 Å². The zero-order valence-corrected chi connectivity index (χ0v) is 15.0. The van der Waals surface area contributed by atoms with Crippen LogP contribution in [0, 0.1) is 0 Å². The Labute approximate surface area is 142 Å². The number of ether oxygens (including phenoxy) is 1. The van der Waals surface area contributed by atoms with Crippen molar-refractivity contribution in [2.24, 2.45) is 0 Å². The first-order valence-electron chi connectivity index (χ1n) is 7.82. The fraction of sp³-hybridized carbons (Fsp3) is 0.278. The molecule has 1 heterocycles. The van der Waals surface area contributed by atoms with E-state index in [0.717, 1.165) is 5.56 Å². The minimum Gasteiger partial charge on any atom is -0.497 e. The summed E-state index contributed by atoms with van der Waals surface area (Å²) < 4.78 is 30.1. The van der Waals surface area contributed by atoms with E-state index in [-0.39, 0.29) is 6.61 Å². The van der Waals surface area contributed by atoms with E-state index in [2.05, 4.69) is 4.98 Å². The summed E-state index contributed by atoms with van der Waals surface area (Å²) in [7, 11) is -1.96.